The average molecular weight is 269 g/mol. The fourth-order valence-corrected chi connectivity index (χ4v) is 1.78. The Kier molecular flexibility index (Phi) is 3.30. The number of nitrogens with two attached hydrogens (primary N) is 1. The molecule has 0 unspecified atom stereocenters. The van der Waals surface area contributed by atoms with E-state index in [0.29, 0.717) is 17.5 Å². The Morgan fingerprint density at radius 2 is 2.00 bits per heavy atom. The van der Waals surface area contributed by atoms with E-state index in [1.807, 2.05) is 0 Å². The Labute approximate surface area is 104 Å². The molecule has 7 nitrogen and oxygen atoms in total. The van der Waals surface area contributed by atoms with Crippen LogP contribution in [0.2, 0.25) is 0 Å². The summed E-state index contributed by atoms with van der Waals surface area (Å²) in [5, 5.41) is 8.59. The number of benzene rings is 1. The Balaban J connectivity index is 2.03. The number of aromatic nitrogens is 2. The lowest BCUT2D eigenvalue weighted by molar-refractivity contribution is 0.242. The molecular weight excluding hydrogens is 258 g/mol. The van der Waals surface area contributed by atoms with E-state index in [9.17, 15) is 8.42 Å². The maximum Gasteiger partial charge on any atom is 0.264 e. The fraction of sp³-hybridized carbons (Fsp3) is 0.200. The van der Waals surface area contributed by atoms with Crippen LogP contribution in [-0.2, 0) is 16.6 Å². The van der Waals surface area contributed by atoms with E-state index in [2.05, 4.69) is 10.1 Å². The molecule has 0 aliphatic heterocycles. The van der Waals surface area contributed by atoms with Gasteiger partial charge in [-0.3, -0.25) is 0 Å². The lowest BCUT2D eigenvalue weighted by atomic mass is 10.3. The number of nitrogens with zero attached hydrogens (tertiary/aromatic N) is 2. The zero-order valence-corrected chi connectivity index (χ0v) is 10.3. The highest BCUT2D eigenvalue weighted by Crippen LogP contribution is 2.15. The Morgan fingerprint density at radius 1 is 1.33 bits per heavy atom. The highest BCUT2D eigenvalue weighted by Gasteiger charge is 2.08. The first kappa shape index (κ1) is 12.5. The molecule has 0 bridgehead atoms. The van der Waals surface area contributed by atoms with Gasteiger partial charge >= 0.3 is 0 Å². The summed E-state index contributed by atoms with van der Waals surface area (Å²) in [4.78, 5) is 3.99. The number of hydrogen-bond donors (Lipinski definition) is 1. The Hall–Kier alpha value is -1.93. The van der Waals surface area contributed by atoms with Crippen molar-refractivity contribution in [1.82, 2.24) is 10.1 Å². The van der Waals surface area contributed by atoms with Crippen molar-refractivity contribution in [3.63, 3.8) is 0 Å². The van der Waals surface area contributed by atoms with Gasteiger partial charge in [0.1, 0.15) is 5.75 Å². The van der Waals surface area contributed by atoms with Crippen molar-refractivity contribution < 1.29 is 17.7 Å². The minimum absolute atomic E-state index is 0.0310. The summed E-state index contributed by atoms with van der Waals surface area (Å²) < 4.78 is 32.3. The van der Waals surface area contributed by atoms with Gasteiger partial charge in [0.05, 0.1) is 4.90 Å². The maximum absolute atomic E-state index is 11.0. The number of ether oxygens (including phenoxy) is 1. The summed E-state index contributed by atoms with van der Waals surface area (Å²) in [5.74, 6) is 1.36. The summed E-state index contributed by atoms with van der Waals surface area (Å²) in [6.07, 6.45) is 0. The van der Waals surface area contributed by atoms with Gasteiger partial charge in [-0.1, -0.05) is 5.16 Å². The molecule has 0 saturated heterocycles. The minimum Gasteiger partial charge on any atom is -0.484 e. The van der Waals surface area contributed by atoms with Crippen LogP contribution in [0.25, 0.3) is 0 Å². The molecule has 1 heterocycles. The zero-order chi connectivity index (χ0) is 13.2. The van der Waals surface area contributed by atoms with E-state index in [0.717, 1.165) is 0 Å². The van der Waals surface area contributed by atoms with Crippen molar-refractivity contribution in [2.45, 2.75) is 18.4 Å². The molecule has 1 aromatic heterocycles. The van der Waals surface area contributed by atoms with Gasteiger partial charge in [-0.25, -0.2) is 13.6 Å². The van der Waals surface area contributed by atoms with Crippen LogP contribution in [-0.4, -0.2) is 18.6 Å². The molecule has 0 amide bonds. The van der Waals surface area contributed by atoms with Crippen molar-refractivity contribution in [3.8, 4) is 5.75 Å². The first-order valence-electron chi connectivity index (χ1n) is 5.00. The van der Waals surface area contributed by atoms with Gasteiger partial charge in [-0.2, -0.15) is 4.98 Å². The quantitative estimate of drug-likeness (QED) is 0.870. The highest BCUT2D eigenvalue weighted by molar-refractivity contribution is 7.89. The average Bonchev–Trinajstić information content (AvgIpc) is 2.72. The Bertz CT molecular complexity index is 633. The van der Waals surface area contributed by atoms with E-state index >= 15 is 0 Å². The second-order valence-corrected chi connectivity index (χ2v) is 5.10. The SMILES string of the molecule is Cc1noc(COc2ccc(S(N)(=O)=O)cc2)n1. The number of hydrogen-bond acceptors (Lipinski definition) is 6. The first-order valence-corrected chi connectivity index (χ1v) is 6.54. The van der Waals surface area contributed by atoms with Gasteiger partial charge in [0.2, 0.25) is 10.0 Å². The molecule has 2 N–H and O–H groups in total. The predicted molar refractivity (Wildman–Crippen MR) is 61.2 cm³/mol. The van der Waals surface area contributed by atoms with Crippen molar-refractivity contribution in [3.05, 3.63) is 36.0 Å². The van der Waals surface area contributed by atoms with Gasteiger partial charge in [0.15, 0.2) is 12.4 Å². The third kappa shape index (κ3) is 3.05. The first-order chi connectivity index (χ1) is 8.45. The molecule has 96 valence electrons. The van der Waals surface area contributed by atoms with Crippen molar-refractivity contribution in [1.29, 1.82) is 0 Å². The van der Waals surface area contributed by atoms with E-state index in [1.54, 1.807) is 6.92 Å². The van der Waals surface area contributed by atoms with E-state index < -0.39 is 10.0 Å². The second kappa shape index (κ2) is 4.75. The minimum atomic E-state index is -3.68. The van der Waals surface area contributed by atoms with Crippen LogP contribution in [0.3, 0.4) is 0 Å². The topological polar surface area (TPSA) is 108 Å². The molecule has 0 aliphatic carbocycles. The van der Waals surface area contributed by atoms with Gasteiger partial charge in [0.25, 0.3) is 5.89 Å². The lowest BCUT2D eigenvalue weighted by Crippen LogP contribution is -2.11. The molecule has 2 rings (SSSR count). The van der Waals surface area contributed by atoms with Gasteiger partial charge < -0.3 is 9.26 Å². The lowest BCUT2D eigenvalue weighted by Gasteiger charge is -2.03. The van der Waals surface area contributed by atoms with Gasteiger partial charge in [0, 0.05) is 0 Å². The molecule has 8 heteroatoms. The van der Waals surface area contributed by atoms with Crippen LogP contribution in [0.15, 0.2) is 33.7 Å². The van der Waals surface area contributed by atoms with Crippen LogP contribution in [0.1, 0.15) is 11.7 Å². The van der Waals surface area contributed by atoms with E-state index in [-0.39, 0.29) is 11.5 Å². The molecule has 0 radical (unpaired) electrons. The summed E-state index contributed by atoms with van der Waals surface area (Å²) in [5.41, 5.74) is 0. The molecule has 0 fully saturated rings. The highest BCUT2D eigenvalue weighted by atomic mass is 32.2. The van der Waals surface area contributed by atoms with Gasteiger partial charge in [-0.05, 0) is 31.2 Å². The van der Waals surface area contributed by atoms with Crippen LogP contribution in [0.5, 0.6) is 5.75 Å². The van der Waals surface area contributed by atoms with Gasteiger partial charge in [-0.15, -0.1) is 0 Å². The second-order valence-electron chi connectivity index (χ2n) is 3.54. The van der Waals surface area contributed by atoms with Crippen LogP contribution < -0.4 is 9.88 Å². The van der Waals surface area contributed by atoms with Crippen molar-refractivity contribution >= 4 is 10.0 Å². The summed E-state index contributed by atoms with van der Waals surface area (Å²) in [7, 11) is -3.68. The molecular formula is C10H11N3O4S. The molecule has 1 aromatic carbocycles. The predicted octanol–water partition coefficient (Wildman–Crippen LogP) is 0.604. The number of primary sulfonamides is 1. The van der Waals surface area contributed by atoms with E-state index in [1.165, 1.54) is 24.3 Å². The molecule has 18 heavy (non-hydrogen) atoms. The number of aryl methyl sites for hydroxylation is 1. The normalized spacial score (nSPS) is 11.4. The molecule has 0 saturated carbocycles. The zero-order valence-electron chi connectivity index (χ0n) is 9.53. The van der Waals surface area contributed by atoms with Crippen molar-refractivity contribution in [2.24, 2.45) is 5.14 Å². The summed E-state index contributed by atoms with van der Waals surface area (Å²) >= 11 is 0. The Morgan fingerprint density at radius 3 is 2.50 bits per heavy atom. The third-order valence-corrected chi connectivity index (χ3v) is 3.01. The largest absolute Gasteiger partial charge is 0.484 e. The van der Waals surface area contributed by atoms with Crippen LogP contribution in [0, 0.1) is 6.92 Å². The molecule has 0 atom stereocenters. The molecule has 2 aromatic rings. The standard InChI is InChI=1S/C10H11N3O4S/c1-7-12-10(17-13-7)6-16-8-2-4-9(5-3-8)18(11,14)15/h2-5H,6H2,1H3,(H2,11,14,15). The monoisotopic (exact) mass is 269 g/mol. The summed E-state index contributed by atoms with van der Waals surface area (Å²) in [6.45, 7) is 1.82. The van der Waals surface area contributed by atoms with Crippen molar-refractivity contribution in [2.75, 3.05) is 0 Å². The van der Waals surface area contributed by atoms with Crippen LogP contribution >= 0.6 is 0 Å². The summed E-state index contributed by atoms with van der Waals surface area (Å²) in [6, 6.07) is 5.74. The maximum atomic E-state index is 11.0. The fourth-order valence-electron chi connectivity index (χ4n) is 1.27. The molecule has 0 spiro atoms. The number of rotatable bonds is 4. The number of sulfonamides is 1. The molecule has 0 aliphatic rings. The third-order valence-electron chi connectivity index (χ3n) is 2.08. The smallest absolute Gasteiger partial charge is 0.264 e. The van der Waals surface area contributed by atoms with Crippen LogP contribution in [0.4, 0.5) is 0 Å². The van der Waals surface area contributed by atoms with E-state index in [4.69, 9.17) is 14.4 Å².